The SMILES string of the molecule is C/C=C/C(=N/C(/C=C1/CCC(O)C(C)(C)OC1)=C(\C)CCC)C(C)=O.CC.CNCCc1ccccc1. The van der Waals surface area contributed by atoms with Crippen LogP contribution in [0.15, 0.2) is 70.4 Å². The van der Waals surface area contributed by atoms with Gasteiger partial charge in [0.25, 0.3) is 0 Å². The number of hydrogen-bond donors (Lipinski definition) is 2. The summed E-state index contributed by atoms with van der Waals surface area (Å²) in [7, 11) is 1.98. The van der Waals surface area contributed by atoms with Crippen LogP contribution < -0.4 is 5.32 Å². The number of aliphatic hydroxyl groups is 1. The number of rotatable bonds is 9. The average molecular weight is 513 g/mol. The summed E-state index contributed by atoms with van der Waals surface area (Å²) in [6, 6.07) is 10.5. The molecule has 0 aliphatic carbocycles. The van der Waals surface area contributed by atoms with E-state index in [-0.39, 0.29) is 5.78 Å². The second-order valence-corrected chi connectivity index (χ2v) is 9.56. The third kappa shape index (κ3) is 14.2. The number of ketones is 1. The maximum absolute atomic E-state index is 11.8. The van der Waals surface area contributed by atoms with Gasteiger partial charge in [0.05, 0.1) is 24.0 Å². The van der Waals surface area contributed by atoms with E-state index in [1.165, 1.54) is 12.5 Å². The van der Waals surface area contributed by atoms with Crippen molar-refractivity contribution in [3.05, 3.63) is 71.0 Å². The number of benzene rings is 1. The number of carbonyl (C=O) groups excluding carboxylic acids is 1. The maximum atomic E-state index is 11.8. The minimum atomic E-state index is -0.545. The summed E-state index contributed by atoms with van der Waals surface area (Å²) >= 11 is 0. The van der Waals surface area contributed by atoms with E-state index in [4.69, 9.17) is 4.74 Å². The number of carbonyl (C=O) groups is 1. The first kappa shape index (κ1) is 34.7. The zero-order valence-corrected chi connectivity index (χ0v) is 24.9. The third-order valence-corrected chi connectivity index (χ3v) is 6.01. The number of ether oxygens (including phenoxy) is 1. The molecule has 5 heteroatoms. The molecule has 1 aromatic carbocycles. The van der Waals surface area contributed by atoms with Crippen LogP contribution in [0.4, 0.5) is 0 Å². The van der Waals surface area contributed by atoms with Crippen molar-refractivity contribution in [2.24, 2.45) is 4.99 Å². The van der Waals surface area contributed by atoms with Gasteiger partial charge in [0.1, 0.15) is 5.71 Å². The number of nitrogens with zero attached hydrogens (tertiary/aromatic N) is 1. The molecule has 2 N–H and O–H groups in total. The molecule has 1 atom stereocenters. The Bertz CT molecular complexity index is 896. The number of allylic oxidation sites excluding steroid dienone is 4. The second-order valence-electron chi connectivity index (χ2n) is 9.56. The maximum Gasteiger partial charge on any atom is 0.178 e. The van der Waals surface area contributed by atoms with Crippen LogP contribution in [0.5, 0.6) is 0 Å². The molecule has 0 saturated carbocycles. The van der Waals surface area contributed by atoms with E-state index in [0.29, 0.717) is 18.7 Å². The van der Waals surface area contributed by atoms with Crippen LogP contribution in [0.2, 0.25) is 0 Å². The zero-order chi connectivity index (χ0) is 28.3. The first-order valence-corrected chi connectivity index (χ1v) is 13.8. The lowest BCUT2D eigenvalue weighted by Gasteiger charge is -2.27. The molecule has 5 nitrogen and oxygen atoms in total. The van der Waals surface area contributed by atoms with Gasteiger partial charge in [0, 0.05) is 6.92 Å². The van der Waals surface area contributed by atoms with Gasteiger partial charge in [-0.05, 0) is 95.8 Å². The number of hydrogen-bond acceptors (Lipinski definition) is 5. The summed E-state index contributed by atoms with van der Waals surface area (Å²) in [5, 5.41) is 13.3. The second kappa shape index (κ2) is 19.7. The first-order chi connectivity index (χ1) is 17.6. The molecule has 208 valence electrons. The summed E-state index contributed by atoms with van der Waals surface area (Å²) in [5.41, 5.74) is 4.40. The Morgan fingerprint density at radius 1 is 1.22 bits per heavy atom. The van der Waals surface area contributed by atoms with Crippen molar-refractivity contribution in [3.8, 4) is 0 Å². The van der Waals surface area contributed by atoms with E-state index in [1.54, 1.807) is 6.08 Å². The van der Waals surface area contributed by atoms with Crippen LogP contribution >= 0.6 is 0 Å². The molecule has 0 spiro atoms. The van der Waals surface area contributed by atoms with Gasteiger partial charge in [-0.2, -0.15) is 0 Å². The lowest BCUT2D eigenvalue weighted by molar-refractivity contribution is -0.111. The standard InChI is InChI=1S/C21H33NO3.C9H13N.C2H6/c1-7-9-15(3)19(22-18(10-8-2)16(4)23)13-17-11-12-20(24)21(5,6)25-14-17;1-10-8-7-9-5-3-2-4-6-9;1-2/h8,10,13,20,24H,7,9,11-12,14H2,1-6H3;2-6,10H,7-8H2,1H3;1-2H3/b10-8+,17-13-,19-15+,22-18-;;. The molecule has 1 fully saturated rings. The van der Waals surface area contributed by atoms with Crippen LogP contribution in [-0.2, 0) is 16.0 Å². The Morgan fingerprint density at radius 2 is 1.86 bits per heavy atom. The summed E-state index contributed by atoms with van der Waals surface area (Å²) in [6.07, 6.45) is 9.63. The molecule has 0 aromatic heterocycles. The van der Waals surface area contributed by atoms with E-state index in [1.807, 2.05) is 59.9 Å². The van der Waals surface area contributed by atoms with Crippen molar-refractivity contribution in [1.82, 2.24) is 5.32 Å². The van der Waals surface area contributed by atoms with Gasteiger partial charge in [-0.25, -0.2) is 4.99 Å². The fourth-order valence-electron chi connectivity index (χ4n) is 3.61. The zero-order valence-electron chi connectivity index (χ0n) is 24.9. The molecule has 1 heterocycles. The van der Waals surface area contributed by atoms with E-state index >= 15 is 0 Å². The summed E-state index contributed by atoms with van der Waals surface area (Å²) in [5.74, 6) is -0.0491. The number of aliphatic hydroxyl groups excluding tert-OH is 1. The third-order valence-electron chi connectivity index (χ3n) is 6.01. The highest BCUT2D eigenvalue weighted by Gasteiger charge is 2.31. The molecule has 1 aliphatic heterocycles. The Morgan fingerprint density at radius 3 is 2.41 bits per heavy atom. The lowest BCUT2D eigenvalue weighted by Crippen LogP contribution is -2.37. The Hall–Kier alpha value is -2.34. The van der Waals surface area contributed by atoms with E-state index in [0.717, 1.165) is 49.1 Å². The Labute approximate surface area is 226 Å². The van der Waals surface area contributed by atoms with E-state index in [9.17, 15) is 9.90 Å². The number of Topliss-reactive ketones (excluding diaryl/α,β-unsaturated/α-hetero) is 1. The minimum absolute atomic E-state index is 0.0491. The van der Waals surface area contributed by atoms with Gasteiger partial charge in [0.15, 0.2) is 5.78 Å². The molecule has 1 saturated heterocycles. The highest BCUT2D eigenvalue weighted by atomic mass is 16.5. The summed E-state index contributed by atoms with van der Waals surface area (Å²) in [4.78, 5) is 16.5. The van der Waals surface area contributed by atoms with Gasteiger partial charge in [-0.15, -0.1) is 0 Å². The molecule has 0 radical (unpaired) electrons. The Kier molecular flexibility index (Phi) is 18.5. The Balaban J connectivity index is 0.000000894. The number of aliphatic imine (C=N–C) groups is 1. The molecule has 1 unspecified atom stereocenters. The predicted molar refractivity (Wildman–Crippen MR) is 159 cm³/mol. The molecular weight excluding hydrogens is 460 g/mol. The fourth-order valence-corrected chi connectivity index (χ4v) is 3.61. The minimum Gasteiger partial charge on any atom is -0.390 e. The smallest absolute Gasteiger partial charge is 0.178 e. The highest BCUT2D eigenvalue weighted by Crippen LogP contribution is 2.28. The van der Waals surface area contributed by atoms with Crippen LogP contribution in [0.25, 0.3) is 0 Å². The van der Waals surface area contributed by atoms with Gasteiger partial charge < -0.3 is 15.2 Å². The van der Waals surface area contributed by atoms with Crippen molar-refractivity contribution in [2.75, 3.05) is 20.2 Å². The monoisotopic (exact) mass is 512 g/mol. The topological polar surface area (TPSA) is 70.9 Å². The van der Waals surface area contributed by atoms with Crippen LogP contribution in [0, 0.1) is 0 Å². The van der Waals surface area contributed by atoms with Crippen molar-refractivity contribution in [2.45, 2.75) is 99.2 Å². The normalized spacial score (nSPS) is 19.2. The molecule has 1 aromatic rings. The molecule has 1 aliphatic rings. The van der Waals surface area contributed by atoms with E-state index < -0.39 is 11.7 Å². The summed E-state index contributed by atoms with van der Waals surface area (Å²) < 4.78 is 5.89. The molecule has 0 amide bonds. The van der Waals surface area contributed by atoms with Crippen molar-refractivity contribution in [3.63, 3.8) is 0 Å². The van der Waals surface area contributed by atoms with Crippen molar-refractivity contribution < 1.29 is 14.6 Å². The summed E-state index contributed by atoms with van der Waals surface area (Å²) in [6.45, 7) is 17.0. The first-order valence-electron chi connectivity index (χ1n) is 13.8. The molecule has 37 heavy (non-hydrogen) atoms. The van der Waals surface area contributed by atoms with Gasteiger partial charge >= 0.3 is 0 Å². The van der Waals surface area contributed by atoms with Crippen LogP contribution in [0.3, 0.4) is 0 Å². The van der Waals surface area contributed by atoms with Gasteiger partial charge in [-0.3, -0.25) is 4.79 Å². The predicted octanol–water partition coefficient (Wildman–Crippen LogP) is 7.02. The highest BCUT2D eigenvalue weighted by molar-refractivity contribution is 6.43. The van der Waals surface area contributed by atoms with Crippen LogP contribution in [0.1, 0.15) is 86.6 Å². The molecule has 2 rings (SSSR count). The van der Waals surface area contributed by atoms with Crippen molar-refractivity contribution in [1.29, 1.82) is 0 Å². The largest absolute Gasteiger partial charge is 0.390 e. The quantitative estimate of drug-likeness (QED) is 0.349. The molecule has 0 bridgehead atoms. The van der Waals surface area contributed by atoms with Crippen molar-refractivity contribution >= 4 is 11.5 Å². The fraction of sp³-hybridized carbons (Fsp3) is 0.562. The lowest BCUT2D eigenvalue weighted by atomic mass is 9.97. The molecular formula is C32H52N2O3. The number of nitrogens with one attached hydrogen (secondary N) is 1. The average Bonchev–Trinajstić information content (AvgIpc) is 3.01. The van der Waals surface area contributed by atoms with Gasteiger partial charge in [-0.1, -0.05) is 63.6 Å². The number of likely N-dealkylation sites (N-methyl/N-ethyl adjacent to an activating group) is 1. The van der Waals surface area contributed by atoms with Crippen LogP contribution in [-0.4, -0.2) is 48.5 Å². The van der Waals surface area contributed by atoms with Gasteiger partial charge in [0.2, 0.25) is 0 Å². The van der Waals surface area contributed by atoms with E-state index in [2.05, 4.69) is 48.4 Å².